The molecule has 0 unspecified atom stereocenters. The van der Waals surface area contributed by atoms with Gasteiger partial charge in [-0.05, 0) is 23.4 Å². The van der Waals surface area contributed by atoms with Crippen molar-refractivity contribution in [2.75, 3.05) is 6.54 Å². The van der Waals surface area contributed by atoms with Gasteiger partial charge in [0.05, 0.1) is 0 Å². The molecule has 21 heavy (non-hydrogen) atoms. The molecule has 0 saturated heterocycles. The summed E-state index contributed by atoms with van der Waals surface area (Å²) >= 11 is 1.89. The first-order valence-corrected chi connectivity index (χ1v) is 7.82. The standard InChI is InChI=1S/C8H6N.C7H9NS.C2H6.Y/c9-7-6-8-4-2-1-3-5-8;1-3-8-5-6-2-4-9-7(1)6;1-2;/h1-6H;2,4,8H,1,3,5H2;1-2H3;/q-1;;;. The molecule has 1 N–H and O–H groups in total. The van der Waals surface area contributed by atoms with Crippen LogP contribution >= 0.6 is 11.3 Å². The Morgan fingerprint density at radius 1 is 1.19 bits per heavy atom. The molecule has 1 aromatic heterocycles. The number of nitrogens with zero attached hydrogens (tertiary/aromatic N) is 1. The minimum atomic E-state index is 0. The van der Waals surface area contributed by atoms with E-state index >= 15 is 0 Å². The summed E-state index contributed by atoms with van der Waals surface area (Å²) in [4.78, 5) is 1.58. The predicted molar refractivity (Wildman–Crippen MR) is 86.5 cm³/mol. The summed E-state index contributed by atoms with van der Waals surface area (Å²) in [6.07, 6.45) is 2.74. The van der Waals surface area contributed by atoms with Gasteiger partial charge in [-0.3, -0.25) is 0 Å². The summed E-state index contributed by atoms with van der Waals surface area (Å²) < 4.78 is 0. The molecule has 1 aliphatic heterocycles. The number of nitrogens with one attached hydrogen (secondary N) is 1. The average Bonchev–Trinajstić information content (AvgIpc) is 3.00. The maximum atomic E-state index is 8.21. The molecule has 2 nitrogen and oxygen atoms in total. The molecule has 1 aliphatic rings. The molecule has 4 heteroatoms. The third-order valence-corrected chi connectivity index (χ3v) is 3.74. The molecule has 109 valence electrons. The Bertz CT molecular complexity index is 497. The van der Waals surface area contributed by atoms with Gasteiger partial charge in [0.15, 0.2) is 0 Å². The normalized spacial score (nSPS) is 11.1. The predicted octanol–water partition coefficient (Wildman–Crippen LogP) is 4.18. The molecule has 2 aromatic rings. The fourth-order valence-electron chi connectivity index (χ4n) is 1.79. The third-order valence-electron chi connectivity index (χ3n) is 2.71. The molecule has 0 aliphatic carbocycles. The van der Waals surface area contributed by atoms with Crippen molar-refractivity contribution in [3.63, 3.8) is 0 Å². The van der Waals surface area contributed by atoms with Gasteiger partial charge in [0.2, 0.25) is 0 Å². The SMILES string of the molecule is CC.N#C[CH-]c1ccccc1.[Y].c1cc2c(s1)CCNC2. The van der Waals surface area contributed by atoms with Crippen LogP contribution in [0.2, 0.25) is 0 Å². The van der Waals surface area contributed by atoms with E-state index in [2.05, 4.69) is 16.8 Å². The number of benzene rings is 1. The number of hydrogen-bond donors (Lipinski definition) is 1. The average molecular weight is 374 g/mol. The first kappa shape index (κ1) is 20.3. The molecule has 0 bridgehead atoms. The van der Waals surface area contributed by atoms with Crippen LogP contribution in [0, 0.1) is 17.8 Å². The molecule has 1 radical (unpaired) electrons. The van der Waals surface area contributed by atoms with Crippen LogP contribution in [0.3, 0.4) is 0 Å². The maximum Gasteiger partial charge on any atom is 0.0237 e. The molecule has 2 heterocycles. The monoisotopic (exact) mass is 374 g/mol. The minimum absolute atomic E-state index is 0. The largest absolute Gasteiger partial charge is 0.312 e. The van der Waals surface area contributed by atoms with E-state index in [1.165, 1.54) is 18.4 Å². The quantitative estimate of drug-likeness (QED) is 0.761. The summed E-state index contributed by atoms with van der Waals surface area (Å²) in [6, 6.07) is 13.7. The van der Waals surface area contributed by atoms with E-state index in [1.807, 2.05) is 61.6 Å². The fourth-order valence-corrected chi connectivity index (χ4v) is 2.70. The number of hydrogen-bond acceptors (Lipinski definition) is 3. The topological polar surface area (TPSA) is 35.8 Å². The van der Waals surface area contributed by atoms with E-state index in [4.69, 9.17) is 5.26 Å². The van der Waals surface area contributed by atoms with Gasteiger partial charge >= 0.3 is 0 Å². The van der Waals surface area contributed by atoms with Crippen molar-refractivity contribution in [1.82, 2.24) is 5.32 Å². The van der Waals surface area contributed by atoms with Crippen molar-refractivity contribution >= 4 is 11.3 Å². The molecule has 0 atom stereocenters. The smallest absolute Gasteiger partial charge is 0.0237 e. The van der Waals surface area contributed by atoms with E-state index in [0.717, 1.165) is 18.7 Å². The van der Waals surface area contributed by atoms with Crippen molar-refractivity contribution < 1.29 is 32.7 Å². The first-order chi connectivity index (χ1) is 9.90. The number of rotatable bonds is 1. The first-order valence-electron chi connectivity index (χ1n) is 6.94. The Kier molecular flexibility index (Phi) is 12.6. The molecule has 0 amide bonds. The van der Waals surface area contributed by atoms with Crippen LogP contribution in [-0.4, -0.2) is 6.54 Å². The van der Waals surface area contributed by atoms with Gasteiger partial charge in [-0.1, -0.05) is 26.3 Å². The van der Waals surface area contributed by atoms with Crippen LogP contribution in [0.1, 0.15) is 29.9 Å². The minimum Gasteiger partial charge on any atom is -0.312 e. The number of thiophene rings is 1. The summed E-state index contributed by atoms with van der Waals surface area (Å²) in [5, 5.41) is 13.7. The van der Waals surface area contributed by atoms with Gasteiger partial charge in [-0.25, -0.2) is 5.26 Å². The Balaban J connectivity index is 0.000000327. The van der Waals surface area contributed by atoms with Crippen LogP contribution < -0.4 is 5.32 Å². The van der Waals surface area contributed by atoms with E-state index in [1.54, 1.807) is 4.88 Å². The summed E-state index contributed by atoms with van der Waals surface area (Å²) in [7, 11) is 0. The van der Waals surface area contributed by atoms with Crippen LogP contribution in [0.25, 0.3) is 0 Å². The van der Waals surface area contributed by atoms with Crippen molar-refractivity contribution in [2.45, 2.75) is 26.8 Å². The van der Waals surface area contributed by atoms with Crippen molar-refractivity contribution in [2.24, 2.45) is 0 Å². The van der Waals surface area contributed by atoms with Crippen LogP contribution in [0.15, 0.2) is 41.8 Å². The molecular weight excluding hydrogens is 353 g/mol. The molecule has 3 rings (SSSR count). The summed E-state index contributed by atoms with van der Waals surface area (Å²) in [6.45, 7) is 6.24. The molecule has 0 fully saturated rings. The number of fused-ring (bicyclic) bond motifs is 1. The summed E-state index contributed by atoms with van der Waals surface area (Å²) in [5.74, 6) is 0. The Morgan fingerprint density at radius 3 is 2.52 bits per heavy atom. The summed E-state index contributed by atoms with van der Waals surface area (Å²) in [5.41, 5.74) is 2.46. The van der Waals surface area contributed by atoms with Crippen molar-refractivity contribution in [1.29, 1.82) is 5.26 Å². The second-order valence-corrected chi connectivity index (χ2v) is 4.98. The van der Waals surface area contributed by atoms with Crippen LogP contribution in [-0.2, 0) is 45.7 Å². The van der Waals surface area contributed by atoms with E-state index < -0.39 is 0 Å². The zero-order chi connectivity index (χ0) is 14.6. The molecule has 0 saturated carbocycles. The van der Waals surface area contributed by atoms with Crippen molar-refractivity contribution in [3.8, 4) is 6.07 Å². The Hall–Kier alpha value is -0.656. The Morgan fingerprint density at radius 2 is 1.90 bits per heavy atom. The van der Waals surface area contributed by atoms with Gasteiger partial charge in [-0.2, -0.15) is 17.7 Å². The van der Waals surface area contributed by atoms with Crippen LogP contribution in [0.4, 0.5) is 0 Å². The number of nitriles is 1. The second kappa shape index (κ2) is 13.0. The molecular formula is C17H21N2SY-. The van der Waals surface area contributed by atoms with E-state index in [9.17, 15) is 0 Å². The molecule has 1 aromatic carbocycles. The van der Waals surface area contributed by atoms with Gasteiger partial charge < -0.3 is 5.32 Å². The maximum absolute atomic E-state index is 8.21. The van der Waals surface area contributed by atoms with Gasteiger partial charge in [0.25, 0.3) is 0 Å². The van der Waals surface area contributed by atoms with Gasteiger partial charge in [0.1, 0.15) is 0 Å². The fraction of sp³-hybridized carbons (Fsp3) is 0.294. The van der Waals surface area contributed by atoms with Crippen molar-refractivity contribution in [3.05, 3.63) is 64.2 Å². The second-order valence-electron chi connectivity index (χ2n) is 3.98. The van der Waals surface area contributed by atoms with E-state index in [0.29, 0.717) is 0 Å². The van der Waals surface area contributed by atoms with Gasteiger partial charge in [-0.15, -0.1) is 23.5 Å². The molecule has 0 spiro atoms. The van der Waals surface area contributed by atoms with E-state index in [-0.39, 0.29) is 32.7 Å². The zero-order valence-electron chi connectivity index (χ0n) is 12.7. The Labute approximate surface area is 157 Å². The zero-order valence-corrected chi connectivity index (χ0v) is 16.3. The van der Waals surface area contributed by atoms with Crippen LogP contribution in [0.5, 0.6) is 0 Å². The third kappa shape index (κ3) is 7.78. The van der Waals surface area contributed by atoms with Gasteiger partial charge in [0, 0.05) is 56.7 Å².